The van der Waals surface area contributed by atoms with Gasteiger partial charge in [0, 0.05) is 32.7 Å². The second-order valence-corrected chi connectivity index (χ2v) is 7.16. The first-order valence-corrected chi connectivity index (χ1v) is 8.94. The molecular formula is C14H21N5O4S. The molecule has 24 heavy (non-hydrogen) atoms. The molecule has 0 bridgehead atoms. The zero-order valence-corrected chi connectivity index (χ0v) is 14.2. The summed E-state index contributed by atoms with van der Waals surface area (Å²) in [4.78, 5) is 25.8. The second kappa shape index (κ2) is 7.71. The van der Waals surface area contributed by atoms with Crippen molar-refractivity contribution in [1.29, 1.82) is 0 Å². The van der Waals surface area contributed by atoms with Crippen molar-refractivity contribution in [3.05, 3.63) is 29.8 Å². The molecule has 4 N–H and O–H groups in total. The van der Waals surface area contributed by atoms with Crippen LogP contribution in [0.25, 0.3) is 0 Å². The lowest BCUT2D eigenvalue weighted by Crippen LogP contribution is -2.55. The topological polar surface area (TPSA) is 125 Å². The zero-order valence-electron chi connectivity index (χ0n) is 13.4. The first kappa shape index (κ1) is 18.3. The lowest BCUT2D eigenvalue weighted by Gasteiger charge is -2.32. The molecule has 0 aromatic heterocycles. The SMILES string of the molecule is CN1CCN(NC(=O)C(=O)NCc2ccc(S(N)(=O)=O)cc2)CC1. The number of piperazine rings is 1. The summed E-state index contributed by atoms with van der Waals surface area (Å²) in [5, 5.41) is 9.21. The third-order valence-corrected chi connectivity index (χ3v) is 4.60. The zero-order chi connectivity index (χ0) is 17.7. The predicted octanol–water partition coefficient (Wildman–Crippen LogP) is -1.77. The molecule has 1 fully saturated rings. The van der Waals surface area contributed by atoms with E-state index in [4.69, 9.17) is 5.14 Å². The summed E-state index contributed by atoms with van der Waals surface area (Å²) in [5.74, 6) is -1.47. The van der Waals surface area contributed by atoms with Crippen LogP contribution in [0.15, 0.2) is 29.2 Å². The largest absolute Gasteiger partial charge is 0.344 e. The number of amides is 2. The molecular weight excluding hydrogens is 334 g/mol. The number of nitrogens with zero attached hydrogens (tertiary/aromatic N) is 2. The molecule has 1 aromatic carbocycles. The first-order valence-electron chi connectivity index (χ1n) is 7.40. The summed E-state index contributed by atoms with van der Waals surface area (Å²) in [5.41, 5.74) is 3.22. The van der Waals surface area contributed by atoms with Gasteiger partial charge in [-0.15, -0.1) is 0 Å². The molecule has 0 saturated carbocycles. The van der Waals surface area contributed by atoms with Crippen molar-refractivity contribution < 1.29 is 18.0 Å². The molecule has 0 radical (unpaired) electrons. The van der Waals surface area contributed by atoms with Crippen LogP contribution in [-0.4, -0.2) is 63.4 Å². The fourth-order valence-corrected chi connectivity index (χ4v) is 2.69. The van der Waals surface area contributed by atoms with Crippen LogP contribution in [0, 0.1) is 0 Å². The first-order chi connectivity index (χ1) is 11.3. The molecule has 0 unspecified atom stereocenters. The number of carbonyl (C=O) groups excluding carboxylic acids is 2. The smallest absolute Gasteiger partial charge is 0.323 e. The third-order valence-electron chi connectivity index (χ3n) is 3.67. The molecule has 1 aliphatic rings. The van der Waals surface area contributed by atoms with E-state index in [1.807, 2.05) is 7.05 Å². The number of rotatable bonds is 4. The number of likely N-dealkylation sites (N-methyl/N-ethyl adjacent to an activating group) is 1. The number of nitrogens with two attached hydrogens (primary N) is 1. The lowest BCUT2D eigenvalue weighted by atomic mass is 10.2. The van der Waals surface area contributed by atoms with Gasteiger partial charge in [-0.1, -0.05) is 12.1 Å². The highest BCUT2D eigenvalue weighted by molar-refractivity contribution is 7.89. The third kappa shape index (κ3) is 5.27. The molecule has 0 aliphatic carbocycles. The molecule has 132 valence electrons. The molecule has 1 aliphatic heterocycles. The molecule has 10 heteroatoms. The number of sulfonamides is 1. The van der Waals surface area contributed by atoms with E-state index in [0.717, 1.165) is 13.1 Å². The number of nitrogens with one attached hydrogen (secondary N) is 2. The number of benzene rings is 1. The average molecular weight is 355 g/mol. The van der Waals surface area contributed by atoms with Gasteiger partial charge in [0.2, 0.25) is 10.0 Å². The fourth-order valence-electron chi connectivity index (χ4n) is 2.17. The number of primary sulfonamides is 1. The molecule has 0 spiro atoms. The normalized spacial score (nSPS) is 16.6. The van der Waals surface area contributed by atoms with Gasteiger partial charge in [-0.25, -0.2) is 18.6 Å². The molecule has 9 nitrogen and oxygen atoms in total. The maximum atomic E-state index is 11.8. The van der Waals surface area contributed by atoms with Crippen LogP contribution in [0.2, 0.25) is 0 Å². The Balaban J connectivity index is 1.81. The van der Waals surface area contributed by atoms with Crippen molar-refractivity contribution in [3.63, 3.8) is 0 Å². The van der Waals surface area contributed by atoms with E-state index in [1.165, 1.54) is 24.3 Å². The number of hydrogen-bond acceptors (Lipinski definition) is 6. The van der Waals surface area contributed by atoms with Crippen LogP contribution in [0.3, 0.4) is 0 Å². The monoisotopic (exact) mass is 355 g/mol. The van der Waals surface area contributed by atoms with Gasteiger partial charge in [0.25, 0.3) is 0 Å². The average Bonchev–Trinajstić information content (AvgIpc) is 2.54. The van der Waals surface area contributed by atoms with Crippen molar-refractivity contribution in [2.24, 2.45) is 5.14 Å². The number of hydrazine groups is 1. The number of hydrogen-bond donors (Lipinski definition) is 3. The summed E-state index contributed by atoms with van der Waals surface area (Å²) >= 11 is 0. The maximum Gasteiger partial charge on any atom is 0.323 e. The van der Waals surface area contributed by atoms with Crippen LogP contribution < -0.4 is 15.9 Å². The quantitative estimate of drug-likeness (QED) is 0.549. The molecule has 1 saturated heterocycles. The van der Waals surface area contributed by atoms with Crippen molar-refractivity contribution in [1.82, 2.24) is 20.7 Å². The maximum absolute atomic E-state index is 11.8. The highest BCUT2D eigenvalue weighted by Gasteiger charge is 2.19. The second-order valence-electron chi connectivity index (χ2n) is 5.60. The van der Waals surface area contributed by atoms with Crippen LogP contribution in [-0.2, 0) is 26.2 Å². The summed E-state index contributed by atoms with van der Waals surface area (Å²) < 4.78 is 22.3. The molecule has 2 rings (SSSR count). The Hall–Kier alpha value is -2.01. The molecule has 1 aromatic rings. The summed E-state index contributed by atoms with van der Waals surface area (Å²) in [6, 6.07) is 5.75. The van der Waals surface area contributed by atoms with Gasteiger partial charge in [-0.05, 0) is 24.7 Å². The van der Waals surface area contributed by atoms with Crippen molar-refractivity contribution >= 4 is 21.8 Å². The summed E-state index contributed by atoms with van der Waals surface area (Å²) in [7, 11) is -1.75. The van der Waals surface area contributed by atoms with Crippen LogP contribution >= 0.6 is 0 Å². The van der Waals surface area contributed by atoms with E-state index < -0.39 is 21.8 Å². The van der Waals surface area contributed by atoms with Gasteiger partial charge in [-0.2, -0.15) is 0 Å². The Kier molecular flexibility index (Phi) is 5.89. The van der Waals surface area contributed by atoms with Crippen molar-refractivity contribution in [2.45, 2.75) is 11.4 Å². The van der Waals surface area contributed by atoms with E-state index in [9.17, 15) is 18.0 Å². The fraction of sp³-hybridized carbons (Fsp3) is 0.429. The molecule has 1 heterocycles. The van der Waals surface area contributed by atoms with Gasteiger partial charge < -0.3 is 10.2 Å². The Labute approximate surface area is 140 Å². The Morgan fingerprint density at radius 1 is 1.08 bits per heavy atom. The van der Waals surface area contributed by atoms with E-state index in [0.29, 0.717) is 18.7 Å². The van der Waals surface area contributed by atoms with Gasteiger partial charge in [0.1, 0.15) is 0 Å². The van der Waals surface area contributed by atoms with Gasteiger partial charge in [0.15, 0.2) is 0 Å². The Morgan fingerprint density at radius 3 is 2.21 bits per heavy atom. The highest BCUT2D eigenvalue weighted by Crippen LogP contribution is 2.08. The van der Waals surface area contributed by atoms with Crippen LogP contribution in [0.4, 0.5) is 0 Å². The van der Waals surface area contributed by atoms with Gasteiger partial charge in [-0.3, -0.25) is 15.0 Å². The van der Waals surface area contributed by atoms with E-state index >= 15 is 0 Å². The van der Waals surface area contributed by atoms with Crippen molar-refractivity contribution in [3.8, 4) is 0 Å². The standard InChI is InChI=1S/C14H21N5O4S/c1-18-6-8-19(9-7-18)17-14(21)13(20)16-10-11-2-4-12(5-3-11)24(15,22)23/h2-5H,6-10H2,1H3,(H,16,20)(H,17,21)(H2,15,22,23). The van der Waals surface area contributed by atoms with E-state index in [-0.39, 0.29) is 11.4 Å². The van der Waals surface area contributed by atoms with Gasteiger partial charge in [0.05, 0.1) is 4.90 Å². The minimum absolute atomic E-state index is 0.00890. The van der Waals surface area contributed by atoms with E-state index in [1.54, 1.807) is 5.01 Å². The van der Waals surface area contributed by atoms with Crippen LogP contribution in [0.5, 0.6) is 0 Å². The lowest BCUT2D eigenvalue weighted by molar-refractivity contribution is -0.142. The molecule has 0 atom stereocenters. The Morgan fingerprint density at radius 2 is 1.67 bits per heavy atom. The minimum atomic E-state index is -3.75. The van der Waals surface area contributed by atoms with Gasteiger partial charge >= 0.3 is 11.8 Å². The minimum Gasteiger partial charge on any atom is -0.344 e. The molecule has 2 amide bonds. The predicted molar refractivity (Wildman–Crippen MR) is 86.9 cm³/mol. The summed E-state index contributed by atoms with van der Waals surface area (Å²) in [6.07, 6.45) is 0. The number of carbonyl (C=O) groups is 2. The highest BCUT2D eigenvalue weighted by atomic mass is 32.2. The van der Waals surface area contributed by atoms with Crippen molar-refractivity contribution in [2.75, 3.05) is 33.2 Å². The summed E-state index contributed by atoms with van der Waals surface area (Å²) in [6.45, 7) is 3.06. The van der Waals surface area contributed by atoms with E-state index in [2.05, 4.69) is 15.6 Å². The van der Waals surface area contributed by atoms with Crippen LogP contribution in [0.1, 0.15) is 5.56 Å². The Bertz CT molecular complexity index is 696.